The van der Waals surface area contributed by atoms with Crippen molar-refractivity contribution in [2.75, 3.05) is 27.7 Å². The minimum absolute atomic E-state index is 0.226. The van der Waals surface area contributed by atoms with Crippen molar-refractivity contribution in [2.45, 2.75) is 20.3 Å². The molecule has 0 aliphatic heterocycles. The summed E-state index contributed by atoms with van der Waals surface area (Å²) in [6.07, 6.45) is 1.93. The van der Waals surface area contributed by atoms with E-state index in [9.17, 15) is 18.0 Å². The van der Waals surface area contributed by atoms with Gasteiger partial charge < -0.3 is 10.6 Å². The molecule has 2 N–H and O–H groups in total. The second-order valence-electron chi connectivity index (χ2n) is 6.10. The molecule has 0 atom stereocenters. The summed E-state index contributed by atoms with van der Waals surface area (Å²) < 4.78 is 25.3. The molecule has 27 heavy (non-hydrogen) atoms. The first kappa shape index (κ1) is 20.4. The Morgan fingerprint density at radius 3 is 1.93 bits per heavy atom. The molecule has 0 radical (unpaired) electrons. The van der Waals surface area contributed by atoms with Crippen LogP contribution in [0.3, 0.4) is 0 Å². The summed E-state index contributed by atoms with van der Waals surface area (Å²) in [7, 11) is -3.67. The van der Waals surface area contributed by atoms with Gasteiger partial charge in [0.15, 0.2) is 0 Å². The maximum Gasteiger partial charge on any atom is 0.245 e. The normalized spacial score (nSPS) is 10.9. The lowest BCUT2D eigenvalue weighted by molar-refractivity contribution is -0.115. The smallest absolute Gasteiger partial charge is 0.245 e. The van der Waals surface area contributed by atoms with E-state index in [2.05, 4.69) is 10.6 Å². The van der Waals surface area contributed by atoms with Crippen LogP contribution >= 0.6 is 0 Å². The topological polar surface area (TPSA) is 95.6 Å². The summed E-state index contributed by atoms with van der Waals surface area (Å²) in [5.41, 5.74) is 2.62. The number of amides is 2. The first-order chi connectivity index (χ1) is 12.7. The summed E-state index contributed by atoms with van der Waals surface area (Å²) in [6, 6.07) is 13.6. The molecule has 7 nitrogen and oxygen atoms in total. The van der Waals surface area contributed by atoms with Crippen molar-refractivity contribution in [3.63, 3.8) is 0 Å². The zero-order valence-corrected chi connectivity index (χ0v) is 16.3. The van der Waals surface area contributed by atoms with Gasteiger partial charge in [-0.1, -0.05) is 19.1 Å². The molecule has 0 aliphatic rings. The molecule has 2 rings (SSSR count). The number of nitrogens with one attached hydrogen (secondary N) is 2. The molecule has 0 bridgehead atoms. The van der Waals surface area contributed by atoms with Gasteiger partial charge in [0.2, 0.25) is 21.8 Å². The number of carbonyl (C=O) groups is 2. The van der Waals surface area contributed by atoms with Gasteiger partial charge in [0.05, 0.1) is 11.9 Å². The standard InChI is InChI=1S/C19H23N3O4S/c1-4-15-5-7-17(8-6-15)21-19(24)13-22(27(3,25)26)18-11-9-16(10-12-18)20-14(2)23/h5-12H,4,13H2,1-3H3,(H,20,23)(H,21,24). The van der Waals surface area contributed by atoms with Crippen molar-refractivity contribution in [1.29, 1.82) is 0 Å². The highest BCUT2D eigenvalue weighted by Crippen LogP contribution is 2.20. The van der Waals surface area contributed by atoms with E-state index in [1.807, 2.05) is 19.1 Å². The number of hydrogen-bond acceptors (Lipinski definition) is 4. The second kappa shape index (κ2) is 8.68. The number of anilines is 3. The van der Waals surface area contributed by atoms with Crippen LogP contribution in [0.2, 0.25) is 0 Å². The number of benzene rings is 2. The van der Waals surface area contributed by atoms with Gasteiger partial charge in [-0.25, -0.2) is 8.42 Å². The summed E-state index contributed by atoms with van der Waals surface area (Å²) in [5.74, 6) is -0.674. The van der Waals surface area contributed by atoms with Crippen molar-refractivity contribution < 1.29 is 18.0 Å². The number of rotatable bonds is 7. The van der Waals surface area contributed by atoms with Crippen LogP contribution in [-0.4, -0.2) is 33.0 Å². The fraction of sp³-hybridized carbons (Fsp3) is 0.263. The van der Waals surface area contributed by atoms with E-state index in [1.54, 1.807) is 24.3 Å². The molecule has 0 unspecified atom stereocenters. The largest absolute Gasteiger partial charge is 0.326 e. The van der Waals surface area contributed by atoms with Crippen molar-refractivity contribution in [1.82, 2.24) is 0 Å². The summed E-state index contributed by atoms with van der Waals surface area (Å²) in [6.45, 7) is 3.07. The van der Waals surface area contributed by atoms with Gasteiger partial charge in [0.1, 0.15) is 6.54 Å². The lowest BCUT2D eigenvalue weighted by Gasteiger charge is -2.22. The van der Waals surface area contributed by atoms with Gasteiger partial charge in [0.25, 0.3) is 0 Å². The molecule has 0 fully saturated rings. The monoisotopic (exact) mass is 389 g/mol. The maximum atomic E-state index is 12.3. The first-order valence-electron chi connectivity index (χ1n) is 8.43. The molecule has 0 saturated heterocycles. The highest BCUT2D eigenvalue weighted by molar-refractivity contribution is 7.92. The van der Waals surface area contributed by atoms with Crippen LogP contribution in [0, 0.1) is 0 Å². The zero-order chi connectivity index (χ0) is 20.0. The first-order valence-corrected chi connectivity index (χ1v) is 10.3. The highest BCUT2D eigenvalue weighted by Gasteiger charge is 2.21. The SMILES string of the molecule is CCc1ccc(NC(=O)CN(c2ccc(NC(C)=O)cc2)S(C)(=O)=O)cc1. The third-order valence-corrected chi connectivity index (χ3v) is 4.95. The van der Waals surface area contributed by atoms with Gasteiger partial charge in [-0.3, -0.25) is 13.9 Å². The van der Waals surface area contributed by atoms with E-state index in [4.69, 9.17) is 0 Å². The van der Waals surface area contributed by atoms with E-state index < -0.39 is 15.9 Å². The van der Waals surface area contributed by atoms with Gasteiger partial charge in [-0.15, -0.1) is 0 Å². The van der Waals surface area contributed by atoms with Crippen LogP contribution in [0.4, 0.5) is 17.1 Å². The molecular weight excluding hydrogens is 366 g/mol. The molecular formula is C19H23N3O4S. The van der Waals surface area contributed by atoms with Crippen LogP contribution in [0.25, 0.3) is 0 Å². The number of carbonyl (C=O) groups excluding carboxylic acids is 2. The predicted octanol–water partition coefficient (Wildman–Crippen LogP) is 2.61. The molecule has 8 heteroatoms. The van der Waals surface area contributed by atoms with E-state index in [0.29, 0.717) is 17.1 Å². The number of nitrogens with zero attached hydrogens (tertiary/aromatic N) is 1. The molecule has 0 aromatic heterocycles. The van der Waals surface area contributed by atoms with Gasteiger partial charge in [-0.2, -0.15) is 0 Å². The van der Waals surface area contributed by atoms with Gasteiger partial charge in [-0.05, 0) is 48.4 Å². The average Bonchev–Trinajstić information content (AvgIpc) is 2.60. The van der Waals surface area contributed by atoms with Crippen LogP contribution in [-0.2, 0) is 26.0 Å². The Labute approximate surface area is 159 Å². The van der Waals surface area contributed by atoms with E-state index >= 15 is 0 Å². The maximum absolute atomic E-state index is 12.3. The minimum Gasteiger partial charge on any atom is -0.326 e. The Morgan fingerprint density at radius 1 is 0.926 bits per heavy atom. The Balaban J connectivity index is 2.14. The molecule has 0 heterocycles. The number of hydrogen-bond donors (Lipinski definition) is 2. The fourth-order valence-corrected chi connectivity index (χ4v) is 3.33. The third-order valence-electron chi connectivity index (χ3n) is 3.81. The summed E-state index contributed by atoms with van der Waals surface area (Å²) in [5, 5.41) is 5.31. The van der Waals surface area contributed by atoms with Crippen LogP contribution in [0.1, 0.15) is 19.4 Å². The molecule has 2 aromatic carbocycles. The quantitative estimate of drug-likeness (QED) is 0.761. The van der Waals surface area contributed by atoms with Gasteiger partial charge >= 0.3 is 0 Å². The Morgan fingerprint density at radius 2 is 1.44 bits per heavy atom. The third kappa shape index (κ3) is 6.10. The summed E-state index contributed by atoms with van der Waals surface area (Å²) >= 11 is 0. The molecule has 2 aromatic rings. The molecule has 0 spiro atoms. The van der Waals surface area contributed by atoms with Crippen molar-refractivity contribution in [2.24, 2.45) is 0 Å². The van der Waals surface area contributed by atoms with E-state index in [-0.39, 0.29) is 12.5 Å². The number of sulfonamides is 1. The Hall–Kier alpha value is -2.87. The van der Waals surface area contributed by atoms with Crippen LogP contribution < -0.4 is 14.9 Å². The summed E-state index contributed by atoms with van der Waals surface area (Å²) in [4.78, 5) is 23.4. The fourth-order valence-electron chi connectivity index (χ4n) is 2.47. The lowest BCUT2D eigenvalue weighted by atomic mass is 10.1. The van der Waals surface area contributed by atoms with E-state index in [1.165, 1.54) is 19.1 Å². The van der Waals surface area contributed by atoms with Crippen molar-refractivity contribution in [3.05, 3.63) is 54.1 Å². The predicted molar refractivity (Wildman–Crippen MR) is 107 cm³/mol. The minimum atomic E-state index is -3.67. The van der Waals surface area contributed by atoms with E-state index in [0.717, 1.165) is 22.5 Å². The highest BCUT2D eigenvalue weighted by atomic mass is 32.2. The molecule has 144 valence electrons. The van der Waals surface area contributed by atoms with Crippen LogP contribution in [0.5, 0.6) is 0 Å². The Bertz CT molecular complexity index is 907. The van der Waals surface area contributed by atoms with Crippen molar-refractivity contribution in [3.8, 4) is 0 Å². The Kier molecular flexibility index (Phi) is 6.57. The van der Waals surface area contributed by atoms with Crippen molar-refractivity contribution >= 4 is 38.9 Å². The van der Waals surface area contributed by atoms with Crippen LogP contribution in [0.15, 0.2) is 48.5 Å². The number of aryl methyl sites for hydroxylation is 1. The molecule has 0 saturated carbocycles. The second-order valence-corrected chi connectivity index (χ2v) is 8.00. The van der Waals surface area contributed by atoms with Gasteiger partial charge in [0, 0.05) is 18.3 Å². The molecule has 0 aliphatic carbocycles. The zero-order valence-electron chi connectivity index (χ0n) is 15.5. The average molecular weight is 389 g/mol. The lowest BCUT2D eigenvalue weighted by Crippen LogP contribution is -2.37. The molecule has 2 amide bonds.